The summed E-state index contributed by atoms with van der Waals surface area (Å²) >= 11 is 1.51. The van der Waals surface area contributed by atoms with Gasteiger partial charge in [-0.05, 0) is 111 Å². The molecule has 0 aliphatic heterocycles. The third-order valence-corrected chi connectivity index (χ3v) is 11.3. The summed E-state index contributed by atoms with van der Waals surface area (Å²) in [5.41, 5.74) is 6.50. The quantitative estimate of drug-likeness (QED) is 0.0191. The van der Waals surface area contributed by atoms with E-state index in [0.29, 0.717) is 71.2 Å². The SMILES string of the molecule is C=CCOCCCCCCOc1ccc(C(=O)O)c(-c2ccc(OC(=O)C3CCC(CC)CC3)c(C(=NNCCCCCC)c3nc4ccccc4s3)c2)c1. The lowest BCUT2D eigenvalue weighted by atomic mass is 9.81. The van der Waals surface area contributed by atoms with Gasteiger partial charge in [-0.15, -0.1) is 17.9 Å². The Kier molecular flexibility index (Phi) is 16.7. The van der Waals surface area contributed by atoms with Crippen molar-refractivity contribution in [1.82, 2.24) is 10.4 Å². The van der Waals surface area contributed by atoms with Gasteiger partial charge in [0.25, 0.3) is 0 Å². The van der Waals surface area contributed by atoms with E-state index >= 15 is 0 Å². The summed E-state index contributed by atoms with van der Waals surface area (Å²) in [6, 6.07) is 18.5. The molecule has 1 heterocycles. The minimum Gasteiger partial charge on any atom is -0.494 e. The van der Waals surface area contributed by atoms with Gasteiger partial charge in [0.05, 0.1) is 34.9 Å². The second-order valence-electron chi connectivity index (χ2n) is 14.3. The van der Waals surface area contributed by atoms with Gasteiger partial charge in [-0.3, -0.25) is 4.79 Å². The highest BCUT2D eigenvalue weighted by Crippen LogP contribution is 2.36. The molecule has 55 heavy (non-hydrogen) atoms. The monoisotopic (exact) mass is 767 g/mol. The summed E-state index contributed by atoms with van der Waals surface area (Å²) in [6.45, 7) is 10.5. The molecule has 294 valence electrons. The van der Waals surface area contributed by atoms with Crippen molar-refractivity contribution in [2.75, 3.05) is 26.4 Å². The number of carbonyl (C=O) groups is 2. The first-order valence-electron chi connectivity index (χ1n) is 20.1. The fourth-order valence-electron chi connectivity index (χ4n) is 6.99. The summed E-state index contributed by atoms with van der Waals surface area (Å²) < 4.78 is 18.9. The second-order valence-corrected chi connectivity index (χ2v) is 15.3. The van der Waals surface area contributed by atoms with Crippen LogP contribution in [0.2, 0.25) is 0 Å². The van der Waals surface area contributed by atoms with Crippen molar-refractivity contribution in [1.29, 1.82) is 0 Å². The first-order valence-corrected chi connectivity index (χ1v) is 20.9. The Labute approximate surface area is 330 Å². The van der Waals surface area contributed by atoms with E-state index in [2.05, 4.69) is 25.9 Å². The number of rotatable bonds is 23. The van der Waals surface area contributed by atoms with Crippen LogP contribution in [-0.2, 0) is 9.53 Å². The standard InChI is InChI=1S/C45H57N3O6S/c1-4-7-8-13-26-46-48-42(43-47-39-16-11-12-17-41(39)55-43)38-30-34(22-25-40(38)54-45(51)33-20-18-32(6-3)19-21-33)37-31-35(23-24-36(37)44(49)50)53-29-15-10-9-14-28-52-27-5-2/h5,11-12,16-17,22-25,30-33,46H,2,4,6-10,13-15,18-21,26-29H2,1,3H3,(H,49,50). The fraction of sp³-hybridized carbons (Fsp3) is 0.467. The van der Waals surface area contributed by atoms with Crippen LogP contribution in [-0.4, -0.2) is 54.1 Å². The zero-order valence-corrected chi connectivity index (χ0v) is 33.3. The molecule has 0 spiro atoms. The second kappa shape index (κ2) is 22.1. The first-order chi connectivity index (χ1) is 26.9. The average molecular weight is 768 g/mol. The number of hydrogen-bond acceptors (Lipinski definition) is 9. The van der Waals surface area contributed by atoms with Gasteiger partial charge in [-0.25, -0.2) is 9.78 Å². The lowest BCUT2D eigenvalue weighted by molar-refractivity contribution is -0.140. The maximum atomic E-state index is 13.7. The molecule has 4 aromatic rings. The van der Waals surface area contributed by atoms with E-state index in [-0.39, 0.29) is 17.5 Å². The number of hydrazone groups is 1. The van der Waals surface area contributed by atoms with Crippen molar-refractivity contribution < 1.29 is 28.9 Å². The van der Waals surface area contributed by atoms with Crippen molar-refractivity contribution in [3.05, 3.63) is 89.5 Å². The number of benzene rings is 3. The van der Waals surface area contributed by atoms with Gasteiger partial charge in [-0.2, -0.15) is 5.10 Å². The number of hydrogen-bond donors (Lipinski definition) is 2. The molecular formula is C45H57N3O6S. The number of esters is 1. The number of nitrogens with zero attached hydrogens (tertiary/aromatic N) is 2. The maximum Gasteiger partial charge on any atom is 0.336 e. The van der Waals surface area contributed by atoms with E-state index in [4.69, 9.17) is 24.3 Å². The molecule has 1 saturated carbocycles. The number of carboxylic acid groups (broad SMARTS) is 1. The van der Waals surface area contributed by atoms with E-state index in [1.807, 2.05) is 36.4 Å². The van der Waals surface area contributed by atoms with Crippen molar-refractivity contribution in [3.8, 4) is 22.6 Å². The summed E-state index contributed by atoms with van der Waals surface area (Å²) in [6.07, 6.45) is 14.8. The summed E-state index contributed by atoms with van der Waals surface area (Å²) in [5.74, 6) is 0.141. The largest absolute Gasteiger partial charge is 0.494 e. The summed E-state index contributed by atoms with van der Waals surface area (Å²) in [5, 5.41) is 15.9. The first kappa shape index (κ1) is 41.6. The predicted molar refractivity (Wildman–Crippen MR) is 223 cm³/mol. The van der Waals surface area contributed by atoms with Crippen molar-refractivity contribution >= 4 is 39.2 Å². The number of nitrogens with one attached hydrogen (secondary N) is 1. The zero-order valence-electron chi connectivity index (χ0n) is 32.5. The Morgan fingerprint density at radius 1 is 0.927 bits per heavy atom. The van der Waals surface area contributed by atoms with Gasteiger partial charge in [0.15, 0.2) is 0 Å². The summed E-state index contributed by atoms with van der Waals surface area (Å²) in [7, 11) is 0. The van der Waals surface area contributed by atoms with Gasteiger partial charge in [0, 0.05) is 18.7 Å². The van der Waals surface area contributed by atoms with Gasteiger partial charge in [-0.1, -0.05) is 70.2 Å². The number of unbranched alkanes of at least 4 members (excludes halogenated alkanes) is 6. The van der Waals surface area contributed by atoms with E-state index in [9.17, 15) is 14.7 Å². The molecule has 0 unspecified atom stereocenters. The molecule has 0 amide bonds. The zero-order chi connectivity index (χ0) is 38.8. The molecule has 2 N–H and O–H groups in total. The smallest absolute Gasteiger partial charge is 0.336 e. The van der Waals surface area contributed by atoms with Gasteiger partial charge < -0.3 is 24.7 Å². The number of thiazole rings is 1. The molecule has 1 aromatic heterocycles. The molecule has 10 heteroatoms. The van der Waals surface area contributed by atoms with Crippen LogP contribution in [0.3, 0.4) is 0 Å². The highest BCUT2D eigenvalue weighted by Gasteiger charge is 2.29. The highest BCUT2D eigenvalue weighted by atomic mass is 32.1. The van der Waals surface area contributed by atoms with Crippen LogP contribution in [0, 0.1) is 11.8 Å². The van der Waals surface area contributed by atoms with E-state index in [1.165, 1.54) is 11.3 Å². The number of carbonyl (C=O) groups excluding carboxylic acids is 1. The molecule has 1 aliphatic carbocycles. The third-order valence-electron chi connectivity index (χ3n) is 10.3. The molecule has 0 bridgehead atoms. The molecule has 9 nitrogen and oxygen atoms in total. The molecule has 3 aromatic carbocycles. The van der Waals surface area contributed by atoms with Gasteiger partial charge in [0.1, 0.15) is 22.2 Å². The fourth-order valence-corrected chi connectivity index (χ4v) is 7.96. The normalized spacial score (nSPS) is 15.9. The topological polar surface area (TPSA) is 119 Å². The lowest BCUT2D eigenvalue weighted by Gasteiger charge is -2.26. The minimum absolute atomic E-state index is 0.141. The van der Waals surface area contributed by atoms with Crippen molar-refractivity contribution in [2.45, 2.75) is 97.3 Å². The number of aromatic carboxylic acids is 1. The van der Waals surface area contributed by atoms with E-state index in [0.717, 1.165) is 93.7 Å². The number of para-hydroxylation sites is 1. The Hall–Kier alpha value is -4.54. The molecule has 0 radical (unpaired) electrons. The van der Waals surface area contributed by atoms with Crippen molar-refractivity contribution in [3.63, 3.8) is 0 Å². The Morgan fingerprint density at radius 2 is 1.71 bits per heavy atom. The maximum absolute atomic E-state index is 13.7. The Bertz CT molecular complexity index is 1850. The number of carboxylic acids is 1. The highest BCUT2D eigenvalue weighted by molar-refractivity contribution is 7.20. The Morgan fingerprint density at radius 3 is 2.45 bits per heavy atom. The molecular weight excluding hydrogens is 711 g/mol. The van der Waals surface area contributed by atoms with Gasteiger partial charge >= 0.3 is 11.9 Å². The lowest BCUT2D eigenvalue weighted by Crippen LogP contribution is -2.26. The molecule has 1 aliphatic rings. The predicted octanol–water partition coefficient (Wildman–Crippen LogP) is 10.8. The molecule has 0 atom stereocenters. The van der Waals surface area contributed by atoms with Gasteiger partial charge in [0.2, 0.25) is 0 Å². The summed E-state index contributed by atoms with van der Waals surface area (Å²) in [4.78, 5) is 31.3. The van der Waals surface area contributed by atoms with Crippen LogP contribution in [0.1, 0.15) is 118 Å². The van der Waals surface area contributed by atoms with Crippen LogP contribution in [0.5, 0.6) is 11.5 Å². The Balaban J connectivity index is 1.48. The number of aromatic nitrogens is 1. The third kappa shape index (κ3) is 12.2. The average Bonchev–Trinajstić information content (AvgIpc) is 3.64. The van der Waals surface area contributed by atoms with E-state index in [1.54, 1.807) is 30.3 Å². The van der Waals surface area contributed by atoms with Crippen LogP contribution in [0.25, 0.3) is 21.3 Å². The van der Waals surface area contributed by atoms with Crippen LogP contribution < -0.4 is 14.9 Å². The van der Waals surface area contributed by atoms with Crippen molar-refractivity contribution in [2.24, 2.45) is 16.9 Å². The number of ether oxygens (including phenoxy) is 3. The minimum atomic E-state index is -1.05. The van der Waals surface area contributed by atoms with Crippen LogP contribution in [0.15, 0.2) is 78.4 Å². The molecule has 0 saturated heterocycles. The number of fused-ring (bicyclic) bond motifs is 1. The molecule has 5 rings (SSSR count). The van der Waals surface area contributed by atoms with Crippen LogP contribution >= 0.6 is 11.3 Å². The molecule has 1 fully saturated rings. The van der Waals surface area contributed by atoms with Crippen LogP contribution in [0.4, 0.5) is 0 Å². The van der Waals surface area contributed by atoms with E-state index < -0.39 is 5.97 Å².